The highest BCUT2D eigenvalue weighted by Gasteiger charge is 2.30. The third-order valence-corrected chi connectivity index (χ3v) is 7.41. The van der Waals surface area contributed by atoms with Crippen molar-refractivity contribution in [2.45, 2.75) is 65.7 Å². The molecular weight excluding hydrogens is 580 g/mol. The van der Waals surface area contributed by atoms with Gasteiger partial charge in [0.1, 0.15) is 35.4 Å². The van der Waals surface area contributed by atoms with Crippen LogP contribution in [0.25, 0.3) is 0 Å². The molecule has 0 spiro atoms. The zero-order valence-corrected chi connectivity index (χ0v) is 25.8. The number of ether oxygens (including phenoxy) is 1. The first-order chi connectivity index (χ1) is 21.3. The van der Waals surface area contributed by atoms with Crippen LogP contribution in [0.2, 0.25) is 0 Å². The Hall–Kier alpha value is -5.20. The van der Waals surface area contributed by atoms with Gasteiger partial charge in [0.05, 0.1) is 5.56 Å². The third-order valence-electron chi connectivity index (χ3n) is 7.41. The van der Waals surface area contributed by atoms with E-state index in [1.807, 2.05) is 0 Å². The highest BCUT2D eigenvalue weighted by atomic mass is 16.5. The van der Waals surface area contributed by atoms with Crippen LogP contribution in [0.1, 0.15) is 48.1 Å². The summed E-state index contributed by atoms with van der Waals surface area (Å²) in [4.78, 5) is 69.2. The van der Waals surface area contributed by atoms with Gasteiger partial charge in [-0.25, -0.2) is 4.79 Å². The van der Waals surface area contributed by atoms with E-state index in [4.69, 9.17) is 4.74 Å². The van der Waals surface area contributed by atoms with Gasteiger partial charge in [-0.15, -0.1) is 0 Å². The lowest BCUT2D eigenvalue weighted by Crippen LogP contribution is -2.57. The van der Waals surface area contributed by atoms with Crippen molar-refractivity contribution in [3.8, 4) is 17.2 Å². The number of rotatable bonds is 5. The predicted molar refractivity (Wildman–Crippen MR) is 165 cm³/mol. The molecule has 4 amide bonds. The Morgan fingerprint density at radius 1 is 1.00 bits per heavy atom. The Balaban J connectivity index is 1.60. The lowest BCUT2D eigenvalue weighted by molar-refractivity contribution is -0.132. The average Bonchev–Trinajstić information content (AvgIpc) is 2.97. The molecule has 3 aromatic rings. The van der Waals surface area contributed by atoms with E-state index in [1.54, 1.807) is 58.0 Å². The van der Waals surface area contributed by atoms with Crippen LogP contribution >= 0.6 is 0 Å². The molecule has 13 heteroatoms. The number of carbonyl (C=O) groups excluding carboxylic acids is 4. The molecule has 5 N–H and O–H groups in total. The number of phenolic OH excluding ortho intramolecular Hbond substituents is 1. The van der Waals surface area contributed by atoms with E-state index in [-0.39, 0.29) is 42.5 Å². The minimum absolute atomic E-state index is 0.0815. The van der Waals surface area contributed by atoms with Gasteiger partial charge in [0, 0.05) is 30.9 Å². The third kappa shape index (κ3) is 8.25. The van der Waals surface area contributed by atoms with Gasteiger partial charge in [0.25, 0.3) is 5.91 Å². The predicted octanol–water partition coefficient (Wildman–Crippen LogP) is 1.47. The summed E-state index contributed by atoms with van der Waals surface area (Å²) < 4.78 is 7.34. The number of aromatic nitrogens is 2. The molecule has 3 atom stereocenters. The van der Waals surface area contributed by atoms with E-state index >= 15 is 0 Å². The standard InChI is InChI=1S/C32H38N6O7/c1-17(2)27-31(43)35-20(5)28(40)36-25(30(42)33-12-13-38-19(4)14-18(3)34-32(38)44)15-21-6-8-22(9-7-21)45-23-10-11-26(39)24(16-23)29(41)37-27/h6-11,14,16-17,20,25,27,39H,12-13,15H2,1-5H3,(H,33,42)(H,35,43)(H,36,40)(H,37,41)/t20-,25-,27-/m0/s1. The summed E-state index contributed by atoms with van der Waals surface area (Å²) in [5.41, 5.74) is 1.52. The van der Waals surface area contributed by atoms with Gasteiger partial charge < -0.3 is 31.1 Å². The van der Waals surface area contributed by atoms with Gasteiger partial charge >= 0.3 is 5.69 Å². The molecule has 2 aliphatic rings. The molecule has 1 aromatic heterocycles. The van der Waals surface area contributed by atoms with Gasteiger partial charge in [0.15, 0.2) is 0 Å². The van der Waals surface area contributed by atoms with Crippen LogP contribution in [-0.2, 0) is 27.3 Å². The first-order valence-corrected chi connectivity index (χ1v) is 14.7. The Labute approximate surface area is 260 Å². The van der Waals surface area contributed by atoms with Crippen LogP contribution in [0, 0.1) is 19.8 Å². The van der Waals surface area contributed by atoms with Crippen molar-refractivity contribution in [1.29, 1.82) is 0 Å². The number of hydrogen-bond donors (Lipinski definition) is 5. The van der Waals surface area contributed by atoms with E-state index in [0.29, 0.717) is 22.7 Å². The van der Waals surface area contributed by atoms with Crippen molar-refractivity contribution in [3.05, 3.63) is 81.5 Å². The molecule has 2 aromatic carbocycles. The largest absolute Gasteiger partial charge is 0.507 e. The lowest BCUT2D eigenvalue weighted by atomic mass is 10.0. The zero-order chi connectivity index (χ0) is 32.8. The monoisotopic (exact) mass is 618 g/mol. The summed E-state index contributed by atoms with van der Waals surface area (Å²) in [6, 6.07) is 9.69. The summed E-state index contributed by atoms with van der Waals surface area (Å²) in [7, 11) is 0. The van der Waals surface area contributed by atoms with Crippen LogP contribution in [0.5, 0.6) is 17.2 Å². The molecule has 0 saturated carbocycles. The number of aryl methyl sites for hydroxylation is 2. The molecule has 0 radical (unpaired) electrons. The van der Waals surface area contributed by atoms with E-state index in [9.17, 15) is 29.1 Å². The lowest BCUT2D eigenvalue weighted by Gasteiger charge is -2.25. The van der Waals surface area contributed by atoms with E-state index in [2.05, 4.69) is 26.3 Å². The molecule has 5 rings (SSSR count). The molecule has 4 bridgehead atoms. The molecule has 3 heterocycles. The molecule has 0 fully saturated rings. The Morgan fingerprint density at radius 3 is 2.36 bits per heavy atom. The van der Waals surface area contributed by atoms with Crippen LogP contribution < -0.4 is 31.7 Å². The van der Waals surface area contributed by atoms with Crippen molar-refractivity contribution in [2.24, 2.45) is 5.92 Å². The summed E-state index contributed by atoms with van der Waals surface area (Å²) in [5.74, 6) is -2.34. The summed E-state index contributed by atoms with van der Waals surface area (Å²) in [6.07, 6.45) is 0.123. The SMILES string of the molecule is Cc1cc(C)n(CCNC(=O)[C@@H]2Cc3ccc(cc3)Oc3ccc(O)c(c3)C(=O)N[C@@H](C(C)C)C(=O)N[C@@H](C)C(=O)N2)c(=O)n1. The van der Waals surface area contributed by atoms with E-state index < -0.39 is 47.4 Å². The first-order valence-electron chi connectivity index (χ1n) is 14.7. The number of aromatic hydroxyl groups is 1. The molecule has 2 aliphatic heterocycles. The molecule has 238 valence electrons. The Morgan fingerprint density at radius 2 is 1.69 bits per heavy atom. The van der Waals surface area contributed by atoms with Gasteiger partial charge in [-0.1, -0.05) is 26.0 Å². The first kappa shape index (κ1) is 32.7. The topological polar surface area (TPSA) is 181 Å². The number of hydrogen-bond acceptors (Lipinski definition) is 8. The van der Waals surface area contributed by atoms with Gasteiger partial charge in [-0.2, -0.15) is 4.98 Å². The Bertz CT molecular complexity index is 1650. The van der Waals surface area contributed by atoms with Crippen molar-refractivity contribution < 1.29 is 29.0 Å². The Kier molecular flexibility index (Phi) is 10.2. The normalized spacial score (nSPS) is 19.1. The molecular formula is C32H38N6O7. The number of benzene rings is 2. The number of amides is 4. The molecule has 0 saturated heterocycles. The van der Waals surface area contributed by atoms with Crippen LogP contribution in [0.4, 0.5) is 0 Å². The van der Waals surface area contributed by atoms with E-state index in [0.717, 1.165) is 0 Å². The fraction of sp³-hybridized carbons (Fsp3) is 0.375. The van der Waals surface area contributed by atoms with Crippen LogP contribution in [0.15, 0.2) is 53.3 Å². The number of fused-ring (bicyclic) bond motifs is 11. The summed E-state index contributed by atoms with van der Waals surface area (Å²) in [5, 5.41) is 21.1. The highest BCUT2D eigenvalue weighted by molar-refractivity contribution is 6.00. The van der Waals surface area contributed by atoms with Crippen LogP contribution in [-0.4, -0.2) is 63.0 Å². The number of carbonyl (C=O) groups is 4. The number of nitrogens with one attached hydrogen (secondary N) is 4. The minimum Gasteiger partial charge on any atom is -0.507 e. The fourth-order valence-corrected chi connectivity index (χ4v) is 4.92. The van der Waals surface area contributed by atoms with Gasteiger partial charge in [-0.05, 0) is 68.7 Å². The molecule has 0 aliphatic carbocycles. The maximum absolute atomic E-state index is 13.4. The van der Waals surface area contributed by atoms with Gasteiger partial charge in [-0.3, -0.25) is 23.7 Å². The maximum atomic E-state index is 13.4. The van der Waals surface area contributed by atoms with Crippen LogP contribution in [0.3, 0.4) is 0 Å². The quantitative estimate of drug-likeness (QED) is 0.267. The fourth-order valence-electron chi connectivity index (χ4n) is 4.92. The van der Waals surface area contributed by atoms with E-state index in [1.165, 1.54) is 29.7 Å². The van der Waals surface area contributed by atoms with Crippen molar-refractivity contribution in [1.82, 2.24) is 30.8 Å². The number of phenols is 1. The zero-order valence-electron chi connectivity index (χ0n) is 25.8. The average molecular weight is 619 g/mol. The second kappa shape index (κ2) is 14.1. The summed E-state index contributed by atoms with van der Waals surface area (Å²) in [6.45, 7) is 8.74. The second-order valence-corrected chi connectivity index (χ2v) is 11.4. The highest BCUT2D eigenvalue weighted by Crippen LogP contribution is 2.28. The van der Waals surface area contributed by atoms with Crippen molar-refractivity contribution in [3.63, 3.8) is 0 Å². The molecule has 0 unspecified atom stereocenters. The van der Waals surface area contributed by atoms with Crippen molar-refractivity contribution in [2.75, 3.05) is 6.54 Å². The number of nitrogens with zero attached hydrogens (tertiary/aromatic N) is 2. The maximum Gasteiger partial charge on any atom is 0.348 e. The minimum atomic E-state index is -1.06. The molecule has 45 heavy (non-hydrogen) atoms. The molecule has 13 nitrogen and oxygen atoms in total. The van der Waals surface area contributed by atoms with Gasteiger partial charge in [0.2, 0.25) is 17.7 Å². The smallest absolute Gasteiger partial charge is 0.348 e. The summed E-state index contributed by atoms with van der Waals surface area (Å²) >= 11 is 0. The second-order valence-electron chi connectivity index (χ2n) is 11.4. The van der Waals surface area contributed by atoms with Crippen molar-refractivity contribution >= 4 is 23.6 Å².